The quantitative estimate of drug-likeness (QED) is 0.792. The van der Waals surface area contributed by atoms with Gasteiger partial charge in [0.05, 0.1) is 12.6 Å². The normalized spacial score (nSPS) is 20.7. The Morgan fingerprint density at radius 1 is 1.62 bits per heavy atom. The van der Waals surface area contributed by atoms with Crippen molar-refractivity contribution in [3.05, 3.63) is 24.0 Å². The summed E-state index contributed by atoms with van der Waals surface area (Å²) in [6.07, 6.45) is 5.27. The van der Waals surface area contributed by atoms with Crippen LogP contribution in [0.4, 0.5) is 0 Å². The van der Waals surface area contributed by atoms with Crippen molar-refractivity contribution in [1.82, 2.24) is 15.2 Å². The Labute approximate surface area is 96.0 Å². The Bertz CT molecular complexity index is 353. The molecule has 1 aliphatic rings. The van der Waals surface area contributed by atoms with E-state index < -0.39 is 0 Å². The number of nitrogens with one attached hydrogen (secondary N) is 2. The zero-order valence-electron chi connectivity index (χ0n) is 9.70. The van der Waals surface area contributed by atoms with E-state index in [1.807, 2.05) is 29.9 Å². The van der Waals surface area contributed by atoms with Crippen LogP contribution < -0.4 is 10.6 Å². The smallest absolute Gasteiger partial charge is 0.237 e. The molecule has 1 aliphatic heterocycles. The molecule has 88 valence electrons. The number of carbonyl (C=O) groups is 1. The van der Waals surface area contributed by atoms with Gasteiger partial charge in [-0.05, 0) is 31.5 Å². The highest BCUT2D eigenvalue weighted by Gasteiger charge is 2.19. The zero-order valence-corrected chi connectivity index (χ0v) is 9.70. The fraction of sp³-hybridized carbons (Fsp3) is 0.583. The summed E-state index contributed by atoms with van der Waals surface area (Å²) in [4.78, 5) is 11.8. The highest BCUT2D eigenvalue weighted by Crippen LogP contribution is 2.07. The highest BCUT2D eigenvalue weighted by molar-refractivity contribution is 5.81. The van der Waals surface area contributed by atoms with Crippen LogP contribution in [0.15, 0.2) is 18.3 Å². The Kier molecular flexibility index (Phi) is 3.62. The van der Waals surface area contributed by atoms with E-state index in [9.17, 15) is 4.79 Å². The molecule has 1 fully saturated rings. The lowest BCUT2D eigenvalue weighted by atomic mass is 10.0. The van der Waals surface area contributed by atoms with E-state index in [2.05, 4.69) is 10.6 Å². The van der Waals surface area contributed by atoms with Crippen molar-refractivity contribution < 1.29 is 4.79 Å². The van der Waals surface area contributed by atoms with E-state index in [4.69, 9.17) is 0 Å². The van der Waals surface area contributed by atoms with Crippen molar-refractivity contribution in [1.29, 1.82) is 0 Å². The lowest BCUT2D eigenvalue weighted by molar-refractivity contribution is -0.123. The van der Waals surface area contributed by atoms with Gasteiger partial charge in [-0.1, -0.05) is 6.42 Å². The molecule has 16 heavy (non-hydrogen) atoms. The Balaban J connectivity index is 1.81. The minimum Gasteiger partial charge on any atom is -0.353 e. The number of aryl methyl sites for hydroxylation is 1. The molecule has 2 heterocycles. The second kappa shape index (κ2) is 5.16. The van der Waals surface area contributed by atoms with Crippen molar-refractivity contribution in [2.24, 2.45) is 7.05 Å². The standard InChI is InChI=1S/C12H19N3O/c1-15-8-4-5-10(15)9-14-12(16)11-6-2-3-7-13-11/h4-5,8,11,13H,2-3,6-7,9H2,1H3,(H,14,16)/t11-/m1/s1. The minimum absolute atomic E-state index is 0.00835. The number of nitrogens with zero attached hydrogens (tertiary/aromatic N) is 1. The number of carbonyl (C=O) groups excluding carboxylic acids is 1. The van der Waals surface area contributed by atoms with Crippen LogP contribution in [0.25, 0.3) is 0 Å². The van der Waals surface area contributed by atoms with Gasteiger partial charge in [-0.2, -0.15) is 0 Å². The van der Waals surface area contributed by atoms with Crippen molar-refractivity contribution >= 4 is 5.91 Å². The predicted molar refractivity (Wildman–Crippen MR) is 62.9 cm³/mol. The molecule has 0 saturated carbocycles. The van der Waals surface area contributed by atoms with Gasteiger partial charge in [-0.15, -0.1) is 0 Å². The van der Waals surface area contributed by atoms with Crippen molar-refractivity contribution in [3.63, 3.8) is 0 Å². The van der Waals surface area contributed by atoms with Gasteiger partial charge in [0.15, 0.2) is 0 Å². The molecule has 1 atom stereocenters. The highest BCUT2D eigenvalue weighted by atomic mass is 16.2. The van der Waals surface area contributed by atoms with Crippen LogP contribution in [0, 0.1) is 0 Å². The molecule has 2 N–H and O–H groups in total. The maximum atomic E-state index is 11.8. The summed E-state index contributed by atoms with van der Waals surface area (Å²) < 4.78 is 2.02. The second-order valence-electron chi connectivity index (χ2n) is 4.33. The predicted octanol–water partition coefficient (Wildman–Crippen LogP) is 0.783. The van der Waals surface area contributed by atoms with Gasteiger partial charge >= 0.3 is 0 Å². The maximum Gasteiger partial charge on any atom is 0.237 e. The Morgan fingerprint density at radius 2 is 2.50 bits per heavy atom. The Hall–Kier alpha value is -1.29. The fourth-order valence-electron chi connectivity index (χ4n) is 2.06. The van der Waals surface area contributed by atoms with Crippen molar-refractivity contribution in [2.75, 3.05) is 6.54 Å². The molecular weight excluding hydrogens is 202 g/mol. The van der Waals surface area contributed by atoms with Gasteiger partial charge in [-0.3, -0.25) is 4.79 Å². The first kappa shape index (κ1) is 11.2. The summed E-state index contributed by atoms with van der Waals surface area (Å²) in [5.74, 6) is 0.126. The van der Waals surface area contributed by atoms with Crippen molar-refractivity contribution in [3.8, 4) is 0 Å². The molecular formula is C12H19N3O. The first-order valence-electron chi connectivity index (χ1n) is 5.88. The number of hydrogen-bond acceptors (Lipinski definition) is 2. The molecule has 0 radical (unpaired) electrons. The summed E-state index contributed by atoms with van der Waals surface area (Å²) >= 11 is 0. The molecule has 2 rings (SSSR count). The summed E-state index contributed by atoms with van der Waals surface area (Å²) in [7, 11) is 1.99. The summed E-state index contributed by atoms with van der Waals surface area (Å²) in [6, 6.07) is 4.02. The molecule has 4 nitrogen and oxygen atoms in total. The van der Waals surface area contributed by atoms with Gasteiger partial charge in [0.2, 0.25) is 5.91 Å². The molecule has 0 aliphatic carbocycles. The number of piperidine rings is 1. The van der Waals surface area contributed by atoms with Crippen LogP contribution in [0.5, 0.6) is 0 Å². The lowest BCUT2D eigenvalue weighted by Gasteiger charge is -2.22. The van der Waals surface area contributed by atoms with Crippen LogP contribution in [0.1, 0.15) is 25.0 Å². The molecule has 4 heteroatoms. The van der Waals surface area contributed by atoms with Crippen LogP contribution in [0.3, 0.4) is 0 Å². The maximum absolute atomic E-state index is 11.8. The van der Waals surface area contributed by atoms with Gasteiger partial charge in [0.25, 0.3) is 0 Å². The van der Waals surface area contributed by atoms with E-state index in [0.29, 0.717) is 6.54 Å². The van der Waals surface area contributed by atoms with Crippen LogP contribution in [-0.4, -0.2) is 23.1 Å². The fourth-order valence-corrected chi connectivity index (χ4v) is 2.06. The first-order valence-corrected chi connectivity index (χ1v) is 5.88. The average Bonchev–Trinajstić information content (AvgIpc) is 2.73. The number of rotatable bonds is 3. The van der Waals surface area contributed by atoms with Gasteiger partial charge in [0.1, 0.15) is 0 Å². The van der Waals surface area contributed by atoms with Crippen LogP contribution >= 0.6 is 0 Å². The van der Waals surface area contributed by atoms with E-state index in [-0.39, 0.29) is 11.9 Å². The van der Waals surface area contributed by atoms with E-state index in [1.54, 1.807) is 0 Å². The molecule has 0 spiro atoms. The second-order valence-corrected chi connectivity index (χ2v) is 4.33. The largest absolute Gasteiger partial charge is 0.353 e. The molecule has 1 aromatic heterocycles. The molecule has 0 bridgehead atoms. The number of hydrogen-bond donors (Lipinski definition) is 2. The molecule has 1 amide bonds. The van der Waals surface area contributed by atoms with Gasteiger partial charge < -0.3 is 15.2 Å². The summed E-state index contributed by atoms with van der Waals surface area (Å²) in [6.45, 7) is 1.57. The molecule has 0 unspecified atom stereocenters. The molecule has 1 aromatic rings. The average molecular weight is 221 g/mol. The topological polar surface area (TPSA) is 46.1 Å². The number of aromatic nitrogens is 1. The van der Waals surface area contributed by atoms with Gasteiger partial charge in [-0.25, -0.2) is 0 Å². The monoisotopic (exact) mass is 221 g/mol. The van der Waals surface area contributed by atoms with Gasteiger partial charge in [0, 0.05) is 18.9 Å². The van der Waals surface area contributed by atoms with Crippen molar-refractivity contribution in [2.45, 2.75) is 31.8 Å². The zero-order chi connectivity index (χ0) is 11.4. The molecule has 1 saturated heterocycles. The number of amides is 1. The lowest BCUT2D eigenvalue weighted by Crippen LogP contribution is -2.46. The van der Waals surface area contributed by atoms with E-state index in [0.717, 1.165) is 25.1 Å². The van der Waals surface area contributed by atoms with E-state index in [1.165, 1.54) is 6.42 Å². The minimum atomic E-state index is 0.00835. The third kappa shape index (κ3) is 2.64. The van der Waals surface area contributed by atoms with Crippen LogP contribution in [-0.2, 0) is 18.4 Å². The SMILES string of the molecule is Cn1cccc1CNC(=O)[C@H]1CCCCN1. The Morgan fingerprint density at radius 3 is 3.12 bits per heavy atom. The summed E-state index contributed by atoms with van der Waals surface area (Å²) in [5.41, 5.74) is 1.13. The first-order chi connectivity index (χ1) is 7.77. The third-order valence-electron chi connectivity index (χ3n) is 3.12. The van der Waals surface area contributed by atoms with Crippen LogP contribution in [0.2, 0.25) is 0 Å². The molecule has 0 aromatic carbocycles. The third-order valence-corrected chi connectivity index (χ3v) is 3.12. The van der Waals surface area contributed by atoms with E-state index >= 15 is 0 Å². The summed E-state index contributed by atoms with van der Waals surface area (Å²) in [5, 5.41) is 6.22.